The summed E-state index contributed by atoms with van der Waals surface area (Å²) in [5.74, 6) is -1.53. The van der Waals surface area contributed by atoms with Crippen molar-refractivity contribution in [2.45, 2.75) is 57.7 Å². The molecule has 0 saturated carbocycles. The molecule has 0 amide bonds. The first-order valence-electron chi connectivity index (χ1n) is 12.2. The lowest BCUT2D eigenvalue weighted by atomic mass is 9.90. The molecular weight excluding hydrogens is 497 g/mol. The molecule has 0 aliphatic carbocycles. The van der Waals surface area contributed by atoms with E-state index in [1.54, 1.807) is 0 Å². The Morgan fingerprint density at radius 2 is 1.65 bits per heavy atom. The molecule has 1 nitrogen and oxygen atoms in total. The Labute approximate surface area is 210 Å². The molecule has 0 aromatic heterocycles. The lowest BCUT2D eigenvalue weighted by Gasteiger charge is -2.29. The maximum absolute atomic E-state index is 15.1. The van der Waals surface area contributed by atoms with E-state index in [2.05, 4.69) is 6.92 Å². The molecule has 0 N–H and O–H groups in total. The first kappa shape index (κ1) is 27.0. The van der Waals surface area contributed by atoms with Gasteiger partial charge in [-0.15, -0.1) is 0 Å². The highest BCUT2D eigenvalue weighted by Crippen LogP contribution is 2.37. The van der Waals surface area contributed by atoms with Crippen molar-refractivity contribution in [1.29, 1.82) is 0 Å². The number of benzene rings is 3. The first-order valence-corrected chi connectivity index (χ1v) is 12.2. The van der Waals surface area contributed by atoms with Crippen LogP contribution in [0.4, 0.5) is 30.7 Å². The molecule has 4 rings (SSSR count). The highest BCUT2D eigenvalue weighted by Gasteiger charge is 2.26. The summed E-state index contributed by atoms with van der Waals surface area (Å²) in [4.78, 5) is 0. The lowest BCUT2D eigenvalue weighted by Crippen LogP contribution is -2.21. The van der Waals surface area contributed by atoms with Crippen molar-refractivity contribution in [2.24, 2.45) is 5.92 Å². The number of hydrogen-bond donors (Lipinski definition) is 0. The van der Waals surface area contributed by atoms with Crippen molar-refractivity contribution in [3.05, 3.63) is 70.8 Å². The van der Waals surface area contributed by atoms with Crippen LogP contribution in [0.25, 0.3) is 21.9 Å². The van der Waals surface area contributed by atoms with Crippen LogP contribution in [-0.2, 0) is 4.74 Å². The van der Waals surface area contributed by atoms with Crippen molar-refractivity contribution >= 4 is 10.8 Å². The van der Waals surface area contributed by atoms with Crippen LogP contribution in [0.2, 0.25) is 0 Å². The standard InChI is InChI=1S/C29H25F7O/c1-2-3-4-5-17-6-9-26(37-16-17)20-14-24(31)27(25(32)15-20)18-7-8-21-19(12-18)13-23(30)22(28(21)33)10-11-29(34,35)36/h7-8,12-15,17,26H,2-6,9,16H2,1H3. The van der Waals surface area contributed by atoms with Crippen LogP contribution in [0.1, 0.15) is 62.7 Å². The third kappa shape index (κ3) is 6.27. The van der Waals surface area contributed by atoms with E-state index >= 15 is 8.78 Å². The number of halogens is 7. The number of fused-ring (bicyclic) bond motifs is 1. The van der Waals surface area contributed by atoms with Gasteiger partial charge in [-0.3, -0.25) is 0 Å². The van der Waals surface area contributed by atoms with E-state index in [-0.39, 0.29) is 21.9 Å². The van der Waals surface area contributed by atoms with Crippen molar-refractivity contribution in [3.8, 4) is 23.0 Å². The summed E-state index contributed by atoms with van der Waals surface area (Å²) in [5, 5.41) is -0.296. The summed E-state index contributed by atoms with van der Waals surface area (Å²) < 4.78 is 102. The molecule has 0 radical (unpaired) electrons. The quantitative estimate of drug-likeness (QED) is 0.178. The maximum Gasteiger partial charge on any atom is 0.458 e. The highest BCUT2D eigenvalue weighted by atomic mass is 19.4. The van der Waals surface area contributed by atoms with Gasteiger partial charge in [0.25, 0.3) is 0 Å². The van der Waals surface area contributed by atoms with Gasteiger partial charge in [-0.1, -0.05) is 44.2 Å². The molecule has 3 aromatic carbocycles. The van der Waals surface area contributed by atoms with E-state index in [0.717, 1.165) is 43.7 Å². The van der Waals surface area contributed by atoms with Crippen LogP contribution in [0.3, 0.4) is 0 Å². The fourth-order valence-corrected chi connectivity index (χ4v) is 4.77. The van der Waals surface area contributed by atoms with E-state index in [4.69, 9.17) is 4.74 Å². The maximum atomic E-state index is 15.1. The van der Waals surface area contributed by atoms with Gasteiger partial charge in [-0.25, -0.2) is 17.6 Å². The molecule has 8 heteroatoms. The Morgan fingerprint density at radius 1 is 0.919 bits per heavy atom. The van der Waals surface area contributed by atoms with Crippen molar-refractivity contribution in [1.82, 2.24) is 0 Å². The Hall–Kier alpha value is -3.05. The van der Waals surface area contributed by atoms with E-state index in [0.29, 0.717) is 24.5 Å². The van der Waals surface area contributed by atoms with E-state index in [1.807, 2.05) is 0 Å². The zero-order valence-electron chi connectivity index (χ0n) is 20.1. The second-order valence-electron chi connectivity index (χ2n) is 9.35. The monoisotopic (exact) mass is 522 g/mol. The van der Waals surface area contributed by atoms with E-state index < -0.39 is 41.1 Å². The largest absolute Gasteiger partial charge is 0.458 e. The Kier molecular flexibility index (Phi) is 8.13. The van der Waals surface area contributed by atoms with Gasteiger partial charge in [0.1, 0.15) is 23.3 Å². The third-order valence-corrected chi connectivity index (χ3v) is 6.67. The number of rotatable bonds is 6. The van der Waals surface area contributed by atoms with Crippen molar-refractivity contribution in [3.63, 3.8) is 0 Å². The smallest absolute Gasteiger partial charge is 0.373 e. The molecule has 1 aliphatic rings. The number of hydrogen-bond acceptors (Lipinski definition) is 1. The minimum Gasteiger partial charge on any atom is -0.373 e. The lowest BCUT2D eigenvalue weighted by molar-refractivity contribution is -0.0696. The molecule has 2 unspecified atom stereocenters. The predicted octanol–water partition coefficient (Wildman–Crippen LogP) is 9.03. The van der Waals surface area contributed by atoms with Gasteiger partial charge in [0.05, 0.1) is 23.8 Å². The molecule has 0 bridgehead atoms. The van der Waals surface area contributed by atoms with Crippen LogP contribution < -0.4 is 0 Å². The summed E-state index contributed by atoms with van der Waals surface area (Å²) in [6.07, 6.45) is 0.740. The number of alkyl halides is 3. The van der Waals surface area contributed by atoms with Gasteiger partial charge in [0, 0.05) is 11.3 Å². The van der Waals surface area contributed by atoms with Crippen LogP contribution in [-0.4, -0.2) is 12.8 Å². The Morgan fingerprint density at radius 3 is 2.27 bits per heavy atom. The second-order valence-corrected chi connectivity index (χ2v) is 9.35. The fourth-order valence-electron chi connectivity index (χ4n) is 4.77. The highest BCUT2D eigenvalue weighted by molar-refractivity contribution is 5.89. The molecule has 3 aromatic rings. The number of ether oxygens (including phenoxy) is 1. The minimum atomic E-state index is -4.92. The Balaban J connectivity index is 1.59. The summed E-state index contributed by atoms with van der Waals surface area (Å²) in [6.45, 7) is 2.68. The molecule has 1 aliphatic heterocycles. The average Bonchev–Trinajstić information content (AvgIpc) is 2.83. The molecule has 37 heavy (non-hydrogen) atoms. The molecule has 1 saturated heterocycles. The summed E-state index contributed by atoms with van der Waals surface area (Å²) in [5.41, 5.74) is -0.987. The van der Waals surface area contributed by atoms with Gasteiger partial charge < -0.3 is 4.74 Å². The van der Waals surface area contributed by atoms with Gasteiger partial charge in [0.15, 0.2) is 0 Å². The zero-order valence-corrected chi connectivity index (χ0v) is 20.1. The second kappa shape index (κ2) is 11.1. The molecule has 1 fully saturated rings. The van der Waals surface area contributed by atoms with Crippen molar-refractivity contribution < 1.29 is 35.5 Å². The summed E-state index contributed by atoms with van der Waals surface area (Å²) >= 11 is 0. The van der Waals surface area contributed by atoms with Gasteiger partial charge >= 0.3 is 6.18 Å². The van der Waals surface area contributed by atoms with Gasteiger partial charge in [-0.05, 0) is 66.0 Å². The molecule has 0 spiro atoms. The van der Waals surface area contributed by atoms with E-state index in [1.165, 1.54) is 36.6 Å². The summed E-state index contributed by atoms with van der Waals surface area (Å²) in [6, 6.07) is 6.75. The molecular formula is C29H25F7O. The predicted molar refractivity (Wildman–Crippen MR) is 128 cm³/mol. The molecule has 196 valence electrons. The summed E-state index contributed by atoms with van der Waals surface area (Å²) in [7, 11) is 0. The SMILES string of the molecule is CCCCCC1CCC(c2cc(F)c(-c3ccc4c(F)c(C#CC(F)(F)F)c(F)cc4c3)c(F)c2)OC1. The zero-order chi connectivity index (χ0) is 26.7. The van der Waals surface area contributed by atoms with Crippen LogP contribution in [0.15, 0.2) is 36.4 Å². The normalized spacial score (nSPS) is 18.1. The third-order valence-electron chi connectivity index (χ3n) is 6.67. The van der Waals surface area contributed by atoms with Gasteiger partial charge in [0.2, 0.25) is 0 Å². The van der Waals surface area contributed by atoms with Crippen molar-refractivity contribution in [2.75, 3.05) is 6.61 Å². The topological polar surface area (TPSA) is 9.23 Å². The van der Waals surface area contributed by atoms with Crippen LogP contribution in [0.5, 0.6) is 0 Å². The van der Waals surface area contributed by atoms with Crippen LogP contribution >= 0.6 is 0 Å². The van der Waals surface area contributed by atoms with Gasteiger partial charge in [-0.2, -0.15) is 13.2 Å². The van der Waals surface area contributed by atoms with E-state index in [9.17, 15) is 22.0 Å². The minimum absolute atomic E-state index is 0.0301. The Bertz CT molecular complexity index is 1320. The first-order chi connectivity index (χ1) is 17.6. The fraction of sp³-hybridized carbons (Fsp3) is 0.379. The van der Waals surface area contributed by atoms with Crippen LogP contribution in [0, 0.1) is 41.0 Å². The number of unbranched alkanes of at least 4 members (excludes halogenated alkanes) is 2. The molecule has 1 heterocycles. The average molecular weight is 523 g/mol. The molecule has 2 atom stereocenters.